The summed E-state index contributed by atoms with van der Waals surface area (Å²) < 4.78 is 47.3. The van der Waals surface area contributed by atoms with Gasteiger partial charge in [0.05, 0.1) is 40.4 Å². The topological polar surface area (TPSA) is 61.2 Å². The highest BCUT2D eigenvalue weighted by Gasteiger charge is 2.65. The fourth-order valence-corrected chi connectivity index (χ4v) is 4.66. The molecule has 160 valence electrons. The number of carbonyl (C=O) groups is 2. The number of hydrogen-bond donors (Lipinski definition) is 0. The van der Waals surface area contributed by atoms with Crippen molar-refractivity contribution in [3.05, 3.63) is 51.3 Å². The van der Waals surface area contributed by atoms with Crippen molar-refractivity contribution in [2.24, 2.45) is 5.92 Å². The van der Waals surface area contributed by atoms with Crippen molar-refractivity contribution in [1.82, 2.24) is 9.78 Å². The molecule has 1 heterocycles. The van der Waals surface area contributed by atoms with Crippen molar-refractivity contribution >= 4 is 23.5 Å². The molecule has 5 nitrogen and oxygen atoms in total. The van der Waals surface area contributed by atoms with E-state index in [4.69, 9.17) is 16.3 Å². The van der Waals surface area contributed by atoms with E-state index in [-0.39, 0.29) is 41.4 Å². The van der Waals surface area contributed by atoms with E-state index in [2.05, 4.69) is 5.10 Å². The Morgan fingerprint density at radius 1 is 1.30 bits per heavy atom. The Kier molecular flexibility index (Phi) is 4.96. The molecule has 1 fully saturated rings. The maximum absolute atomic E-state index is 13.8. The third-order valence-electron chi connectivity index (χ3n) is 6.24. The van der Waals surface area contributed by atoms with Crippen LogP contribution in [0.1, 0.15) is 52.1 Å². The molecule has 1 unspecified atom stereocenters. The number of alkyl halides is 3. The molecule has 0 radical (unpaired) electrons. The number of esters is 1. The van der Waals surface area contributed by atoms with Gasteiger partial charge >= 0.3 is 12.1 Å². The van der Waals surface area contributed by atoms with Gasteiger partial charge in [-0.1, -0.05) is 23.7 Å². The summed E-state index contributed by atoms with van der Waals surface area (Å²) in [4.78, 5) is 25.5. The summed E-state index contributed by atoms with van der Waals surface area (Å²) in [6.45, 7) is 1.74. The first-order valence-electron chi connectivity index (χ1n) is 9.66. The predicted molar refractivity (Wildman–Crippen MR) is 103 cm³/mol. The highest BCUT2D eigenvalue weighted by Crippen LogP contribution is 2.60. The molecule has 0 amide bonds. The normalized spacial score (nSPS) is 19.9. The number of aryl methyl sites for hydroxylation is 1. The molecule has 0 spiro atoms. The zero-order valence-electron chi connectivity index (χ0n) is 16.5. The minimum Gasteiger partial charge on any atom is -0.469 e. The van der Waals surface area contributed by atoms with Gasteiger partial charge in [-0.25, -0.2) is 4.68 Å². The first kappa shape index (κ1) is 20.9. The van der Waals surface area contributed by atoms with Gasteiger partial charge in [0, 0.05) is 6.42 Å². The summed E-state index contributed by atoms with van der Waals surface area (Å²) in [5.74, 6) is -1.52. The highest BCUT2D eigenvalue weighted by molar-refractivity contribution is 6.34. The van der Waals surface area contributed by atoms with Crippen LogP contribution in [-0.4, -0.2) is 34.9 Å². The maximum atomic E-state index is 13.8. The summed E-state index contributed by atoms with van der Waals surface area (Å²) in [5, 5.41) is 4.26. The molecular formula is C21H20ClF3N2O3. The fraction of sp³-hybridized carbons (Fsp3) is 0.476. The van der Waals surface area contributed by atoms with Gasteiger partial charge in [0.1, 0.15) is 0 Å². The van der Waals surface area contributed by atoms with Gasteiger partial charge in [-0.2, -0.15) is 18.3 Å². The molecule has 0 saturated heterocycles. The smallest absolute Gasteiger partial charge is 0.398 e. The Bertz CT molecular complexity index is 1040. The molecular weight excluding hydrogens is 421 g/mol. The molecule has 1 saturated carbocycles. The van der Waals surface area contributed by atoms with Crippen molar-refractivity contribution in [2.75, 3.05) is 7.11 Å². The minimum atomic E-state index is -4.48. The van der Waals surface area contributed by atoms with Crippen LogP contribution in [0.3, 0.4) is 0 Å². The second-order valence-corrected chi connectivity index (χ2v) is 8.34. The van der Waals surface area contributed by atoms with Crippen LogP contribution in [0.4, 0.5) is 13.2 Å². The lowest BCUT2D eigenvalue weighted by molar-refractivity contribution is -0.160. The van der Waals surface area contributed by atoms with Crippen LogP contribution in [0.2, 0.25) is 5.02 Å². The third kappa shape index (κ3) is 3.12. The van der Waals surface area contributed by atoms with Gasteiger partial charge < -0.3 is 4.74 Å². The number of aromatic nitrogens is 2. The van der Waals surface area contributed by atoms with Gasteiger partial charge in [-0.05, 0) is 49.8 Å². The molecule has 30 heavy (non-hydrogen) atoms. The van der Waals surface area contributed by atoms with Gasteiger partial charge in [0.2, 0.25) is 0 Å². The lowest BCUT2D eigenvalue weighted by Crippen LogP contribution is -2.32. The molecule has 2 aliphatic rings. The number of hydrogen-bond acceptors (Lipinski definition) is 4. The van der Waals surface area contributed by atoms with Crippen LogP contribution in [-0.2, 0) is 27.8 Å². The molecule has 0 N–H and O–H groups in total. The fourth-order valence-electron chi connectivity index (χ4n) is 4.41. The van der Waals surface area contributed by atoms with Crippen molar-refractivity contribution in [1.29, 1.82) is 0 Å². The van der Waals surface area contributed by atoms with Crippen LogP contribution in [0.15, 0.2) is 18.2 Å². The minimum absolute atomic E-state index is 0.0461. The molecule has 9 heteroatoms. The van der Waals surface area contributed by atoms with Gasteiger partial charge in [0.15, 0.2) is 0 Å². The second kappa shape index (κ2) is 7.11. The summed E-state index contributed by atoms with van der Waals surface area (Å²) in [5.41, 5.74) is -0.364. The SMILES string of the molecule is COC(=O)C1CCc2c(C)nn(C(=O)c3c(Cl)cccc3C3(C(F)(F)F)CC3)c2C1. The van der Waals surface area contributed by atoms with Crippen molar-refractivity contribution in [3.63, 3.8) is 0 Å². The van der Waals surface area contributed by atoms with Crippen LogP contribution in [0.25, 0.3) is 0 Å². The molecule has 4 rings (SSSR count). The van der Waals surface area contributed by atoms with Crippen molar-refractivity contribution < 1.29 is 27.5 Å². The Hall–Kier alpha value is -2.35. The summed E-state index contributed by atoms with van der Waals surface area (Å²) >= 11 is 6.25. The maximum Gasteiger partial charge on any atom is 0.398 e. The molecule has 2 aliphatic carbocycles. The summed E-state index contributed by atoms with van der Waals surface area (Å²) in [6, 6.07) is 4.15. The number of nitrogens with zero attached hydrogens (tertiary/aromatic N) is 2. The Balaban J connectivity index is 1.81. The Morgan fingerprint density at radius 3 is 2.60 bits per heavy atom. The first-order chi connectivity index (χ1) is 14.1. The summed E-state index contributed by atoms with van der Waals surface area (Å²) in [6.07, 6.45) is -3.32. The van der Waals surface area contributed by atoms with Crippen LogP contribution < -0.4 is 0 Å². The van der Waals surface area contributed by atoms with E-state index >= 15 is 0 Å². The molecule has 0 aliphatic heterocycles. The lowest BCUT2D eigenvalue weighted by atomic mass is 9.86. The lowest BCUT2D eigenvalue weighted by Gasteiger charge is -2.24. The van der Waals surface area contributed by atoms with Crippen molar-refractivity contribution in [2.45, 2.75) is 50.6 Å². The van der Waals surface area contributed by atoms with E-state index in [0.717, 1.165) is 10.2 Å². The molecule has 0 bridgehead atoms. The van der Waals surface area contributed by atoms with E-state index in [1.807, 2.05) is 0 Å². The second-order valence-electron chi connectivity index (χ2n) is 7.93. The number of halogens is 4. The van der Waals surface area contributed by atoms with Gasteiger partial charge in [-0.3, -0.25) is 9.59 Å². The largest absolute Gasteiger partial charge is 0.469 e. The zero-order valence-corrected chi connectivity index (χ0v) is 17.2. The molecule has 1 aromatic carbocycles. The average molecular weight is 441 g/mol. The standard InChI is InChI=1S/C21H20ClF3N2O3/c1-11-13-7-6-12(19(29)30-2)10-16(13)27(26-11)18(28)17-14(4-3-5-15(17)22)20(8-9-20)21(23,24)25/h3-5,12H,6-10H2,1-2H3. The Labute approximate surface area is 176 Å². The number of benzene rings is 1. The Morgan fingerprint density at radius 2 is 2.00 bits per heavy atom. The monoisotopic (exact) mass is 440 g/mol. The molecule has 1 atom stereocenters. The van der Waals surface area contributed by atoms with Gasteiger partial charge in [0.25, 0.3) is 5.91 Å². The predicted octanol–water partition coefficient (Wildman–Crippen LogP) is 4.41. The van der Waals surface area contributed by atoms with E-state index in [1.165, 1.54) is 25.3 Å². The summed E-state index contributed by atoms with van der Waals surface area (Å²) in [7, 11) is 1.30. The van der Waals surface area contributed by atoms with E-state index in [9.17, 15) is 22.8 Å². The number of methoxy groups -OCH3 is 1. The molecule has 1 aromatic heterocycles. The molecule has 2 aromatic rings. The van der Waals surface area contributed by atoms with Crippen LogP contribution in [0, 0.1) is 12.8 Å². The van der Waals surface area contributed by atoms with Gasteiger partial charge in [-0.15, -0.1) is 0 Å². The average Bonchev–Trinajstić information content (AvgIpc) is 3.46. The van der Waals surface area contributed by atoms with Crippen molar-refractivity contribution in [3.8, 4) is 0 Å². The quantitative estimate of drug-likeness (QED) is 0.663. The third-order valence-corrected chi connectivity index (χ3v) is 6.55. The van der Waals surface area contributed by atoms with E-state index in [0.29, 0.717) is 24.2 Å². The highest BCUT2D eigenvalue weighted by atomic mass is 35.5. The van der Waals surface area contributed by atoms with E-state index in [1.54, 1.807) is 6.92 Å². The van der Waals surface area contributed by atoms with Crippen LogP contribution in [0.5, 0.6) is 0 Å². The zero-order chi connectivity index (χ0) is 21.8. The van der Waals surface area contributed by atoms with Crippen LogP contribution >= 0.6 is 11.6 Å². The number of carbonyl (C=O) groups excluding carboxylic acids is 2. The number of ether oxygens (including phenoxy) is 1. The number of fused-ring (bicyclic) bond motifs is 1. The first-order valence-corrected chi connectivity index (χ1v) is 10.0. The number of rotatable bonds is 3. The van der Waals surface area contributed by atoms with E-state index < -0.39 is 23.4 Å².